The van der Waals surface area contributed by atoms with E-state index in [1.165, 1.54) is 42.5 Å². The molecule has 10 heteroatoms. The topological polar surface area (TPSA) is 51.0 Å². The number of H-pyrrole nitrogens is 1. The number of hydrogen-bond acceptors (Lipinski definition) is 2. The van der Waals surface area contributed by atoms with Gasteiger partial charge in [0.15, 0.2) is 5.75 Å². The van der Waals surface area contributed by atoms with Crippen LogP contribution < -0.4 is 10.5 Å². The van der Waals surface area contributed by atoms with Crippen LogP contribution in [0.25, 0.3) is 22.0 Å². The molecule has 0 radical (unpaired) electrons. The molecule has 4 rings (SSSR count). The number of anilines is 1. The second kappa shape index (κ2) is 7.47. The largest absolute Gasteiger partial charge is 0.456 e. The summed E-state index contributed by atoms with van der Waals surface area (Å²) >= 11 is 0. The summed E-state index contributed by atoms with van der Waals surface area (Å²) in [4.78, 5) is 2.95. The highest BCUT2D eigenvalue weighted by Crippen LogP contribution is 2.47. The summed E-state index contributed by atoms with van der Waals surface area (Å²) in [5.41, 5.74) is 3.02. The molecule has 0 aliphatic carbocycles. The number of aromatic amines is 1. The van der Waals surface area contributed by atoms with Crippen LogP contribution in [0, 0.1) is 5.82 Å². The lowest BCUT2D eigenvalue weighted by Gasteiger charge is -2.20. The van der Waals surface area contributed by atoms with Crippen molar-refractivity contribution in [1.29, 1.82) is 0 Å². The summed E-state index contributed by atoms with van der Waals surface area (Å²) in [5.74, 6) is -2.10. The van der Waals surface area contributed by atoms with Gasteiger partial charge in [-0.2, -0.15) is 26.3 Å². The van der Waals surface area contributed by atoms with Crippen LogP contribution in [-0.4, -0.2) is 4.98 Å². The second-order valence-electron chi connectivity index (χ2n) is 6.96. The Kier molecular flexibility index (Phi) is 5.03. The highest BCUT2D eigenvalue weighted by Gasteiger charge is 2.42. The van der Waals surface area contributed by atoms with E-state index in [0.717, 1.165) is 0 Å². The van der Waals surface area contributed by atoms with Crippen molar-refractivity contribution in [2.45, 2.75) is 12.4 Å². The average molecular weight is 454 g/mol. The van der Waals surface area contributed by atoms with Crippen molar-refractivity contribution < 1.29 is 35.5 Å². The summed E-state index contributed by atoms with van der Waals surface area (Å²) in [6.07, 6.45) is -8.68. The minimum atomic E-state index is -5.14. The molecule has 0 fully saturated rings. The molecule has 1 heterocycles. The molecular formula is C22H13F7N2O. The van der Waals surface area contributed by atoms with Crippen molar-refractivity contribution in [2.75, 3.05) is 5.73 Å². The number of halogens is 7. The van der Waals surface area contributed by atoms with E-state index >= 15 is 0 Å². The van der Waals surface area contributed by atoms with Gasteiger partial charge in [-0.25, -0.2) is 4.39 Å². The maximum Gasteiger partial charge on any atom is 0.420 e. The quantitative estimate of drug-likeness (QED) is 0.251. The molecule has 0 aliphatic heterocycles. The van der Waals surface area contributed by atoms with E-state index in [2.05, 4.69) is 4.98 Å². The van der Waals surface area contributed by atoms with Crippen molar-refractivity contribution in [3.05, 3.63) is 77.7 Å². The van der Waals surface area contributed by atoms with E-state index in [1.807, 2.05) is 0 Å². The molecule has 0 atom stereocenters. The third kappa shape index (κ3) is 4.08. The minimum Gasteiger partial charge on any atom is -0.456 e. The van der Waals surface area contributed by atoms with E-state index in [4.69, 9.17) is 10.5 Å². The molecular weight excluding hydrogens is 441 g/mol. The van der Waals surface area contributed by atoms with Gasteiger partial charge in [0, 0.05) is 28.4 Å². The van der Waals surface area contributed by atoms with Gasteiger partial charge >= 0.3 is 12.4 Å². The normalized spacial score (nSPS) is 12.3. The van der Waals surface area contributed by atoms with Gasteiger partial charge in [-0.15, -0.1) is 0 Å². The Labute approximate surface area is 176 Å². The number of aromatic nitrogens is 1. The van der Waals surface area contributed by atoms with Crippen molar-refractivity contribution >= 4 is 16.6 Å². The van der Waals surface area contributed by atoms with Crippen LogP contribution in [0.2, 0.25) is 0 Å². The number of ether oxygens (including phenoxy) is 1. The Morgan fingerprint density at radius 1 is 0.781 bits per heavy atom. The van der Waals surface area contributed by atoms with Gasteiger partial charge in [0.2, 0.25) is 0 Å². The lowest BCUT2D eigenvalue weighted by atomic mass is 10.0. The predicted molar refractivity (Wildman–Crippen MR) is 105 cm³/mol. The lowest BCUT2D eigenvalue weighted by molar-refractivity contribution is -0.144. The molecule has 3 N–H and O–H groups in total. The Bertz CT molecular complexity index is 1250. The van der Waals surface area contributed by atoms with E-state index in [-0.39, 0.29) is 5.75 Å². The Hall–Kier alpha value is -3.69. The van der Waals surface area contributed by atoms with Gasteiger partial charge < -0.3 is 15.5 Å². The standard InChI is InChI=1S/C22H13F7N2O/c23-12-3-1-11(2-4-12)16-10-31-19-6-5-14(9-15(16)19)32-20-17(21(24,25)26)7-13(30)8-18(20)22(27,28)29/h1-10,31H,30H2. The van der Waals surface area contributed by atoms with Crippen LogP contribution in [0.5, 0.6) is 11.5 Å². The summed E-state index contributed by atoms with van der Waals surface area (Å²) in [5, 5.41) is 0.465. The maximum absolute atomic E-state index is 13.5. The fraction of sp³-hybridized carbons (Fsp3) is 0.0909. The van der Waals surface area contributed by atoms with Crippen LogP contribution in [-0.2, 0) is 12.4 Å². The fourth-order valence-electron chi connectivity index (χ4n) is 3.33. The Morgan fingerprint density at radius 2 is 1.38 bits per heavy atom. The van der Waals surface area contributed by atoms with Crippen molar-refractivity contribution in [3.8, 4) is 22.6 Å². The molecule has 0 saturated heterocycles. The van der Waals surface area contributed by atoms with Crippen molar-refractivity contribution in [2.24, 2.45) is 0 Å². The molecule has 3 nitrogen and oxygen atoms in total. The molecule has 0 amide bonds. The van der Waals surface area contributed by atoms with E-state index < -0.39 is 40.7 Å². The van der Waals surface area contributed by atoms with Crippen molar-refractivity contribution in [3.63, 3.8) is 0 Å². The van der Waals surface area contributed by atoms with Crippen molar-refractivity contribution in [1.82, 2.24) is 4.98 Å². The SMILES string of the molecule is Nc1cc(C(F)(F)F)c(Oc2ccc3[nH]cc(-c4ccc(F)cc4)c3c2)c(C(F)(F)F)c1. The number of alkyl halides is 6. The zero-order valence-corrected chi connectivity index (χ0v) is 15.9. The minimum absolute atomic E-state index is 0.249. The molecule has 1 aromatic heterocycles. The van der Waals surface area contributed by atoms with Gasteiger partial charge in [-0.1, -0.05) is 12.1 Å². The van der Waals surface area contributed by atoms with Gasteiger partial charge in [0.05, 0.1) is 0 Å². The van der Waals surface area contributed by atoms with Gasteiger partial charge in [-0.3, -0.25) is 0 Å². The number of hydrogen-bond donors (Lipinski definition) is 2. The monoisotopic (exact) mass is 454 g/mol. The van der Waals surface area contributed by atoms with Crippen LogP contribution in [0.1, 0.15) is 11.1 Å². The molecule has 3 aromatic carbocycles. The first kappa shape index (κ1) is 21.5. The summed E-state index contributed by atoms with van der Waals surface area (Å²) in [6, 6.07) is 10.2. The third-order valence-corrected chi connectivity index (χ3v) is 4.75. The number of benzene rings is 3. The first-order valence-corrected chi connectivity index (χ1v) is 9.06. The molecule has 32 heavy (non-hydrogen) atoms. The van der Waals surface area contributed by atoms with Gasteiger partial charge in [0.25, 0.3) is 0 Å². The molecule has 0 saturated carbocycles. The van der Waals surface area contributed by atoms with Gasteiger partial charge in [-0.05, 0) is 48.0 Å². The second-order valence-corrected chi connectivity index (χ2v) is 6.96. The molecule has 0 bridgehead atoms. The first-order chi connectivity index (χ1) is 14.9. The summed E-state index contributed by atoms with van der Waals surface area (Å²) in [6.45, 7) is 0. The highest BCUT2D eigenvalue weighted by molar-refractivity contribution is 5.96. The molecule has 0 unspecified atom stereocenters. The Balaban J connectivity index is 1.85. The highest BCUT2D eigenvalue weighted by atomic mass is 19.4. The summed E-state index contributed by atoms with van der Waals surface area (Å²) in [7, 11) is 0. The van der Waals surface area contributed by atoms with Crippen LogP contribution in [0.4, 0.5) is 36.4 Å². The zero-order chi connectivity index (χ0) is 23.3. The van der Waals surface area contributed by atoms with E-state index in [9.17, 15) is 30.7 Å². The predicted octanol–water partition coefficient (Wildman–Crippen LogP) is 7.39. The fourth-order valence-corrected chi connectivity index (χ4v) is 3.33. The Morgan fingerprint density at radius 3 is 1.94 bits per heavy atom. The third-order valence-electron chi connectivity index (χ3n) is 4.75. The number of nitrogens with two attached hydrogens (primary N) is 1. The summed E-state index contributed by atoms with van der Waals surface area (Å²) < 4.78 is 99.3. The van der Waals surface area contributed by atoms with Crippen LogP contribution in [0.15, 0.2) is 60.8 Å². The van der Waals surface area contributed by atoms with E-state index in [0.29, 0.717) is 34.2 Å². The molecule has 0 aliphatic rings. The number of nitrogen functional groups attached to an aromatic ring is 1. The smallest absolute Gasteiger partial charge is 0.420 e. The zero-order valence-electron chi connectivity index (χ0n) is 15.9. The lowest BCUT2D eigenvalue weighted by Crippen LogP contribution is -2.15. The maximum atomic E-state index is 13.5. The van der Waals surface area contributed by atoms with E-state index in [1.54, 1.807) is 6.20 Å². The number of fused-ring (bicyclic) bond motifs is 1. The number of rotatable bonds is 3. The molecule has 166 valence electrons. The van der Waals surface area contributed by atoms with Crippen LogP contribution in [0.3, 0.4) is 0 Å². The van der Waals surface area contributed by atoms with Crippen LogP contribution >= 0.6 is 0 Å². The average Bonchev–Trinajstić information content (AvgIpc) is 3.11. The number of nitrogens with one attached hydrogen (secondary N) is 1. The van der Waals surface area contributed by atoms with Gasteiger partial charge in [0.1, 0.15) is 22.7 Å². The first-order valence-electron chi connectivity index (χ1n) is 9.06. The molecule has 0 spiro atoms. The molecule has 4 aromatic rings.